The maximum absolute atomic E-state index is 13.0. The number of hydrogen-bond acceptors (Lipinski definition) is 4. The van der Waals surface area contributed by atoms with Crippen LogP contribution in [0, 0.1) is 17.1 Å². The van der Waals surface area contributed by atoms with Gasteiger partial charge in [-0.3, -0.25) is 0 Å². The molecular weight excluding hydrogens is 271 g/mol. The van der Waals surface area contributed by atoms with E-state index in [0.717, 1.165) is 0 Å². The predicted molar refractivity (Wildman–Crippen MR) is 77.5 cm³/mol. The van der Waals surface area contributed by atoms with Crippen LogP contribution in [0.15, 0.2) is 48.5 Å². The van der Waals surface area contributed by atoms with Gasteiger partial charge in [0.15, 0.2) is 0 Å². The monoisotopic (exact) mass is 286 g/mol. The van der Waals surface area contributed by atoms with Gasteiger partial charge in [0, 0.05) is 12.2 Å². The van der Waals surface area contributed by atoms with E-state index in [1.165, 1.54) is 12.1 Å². The van der Waals surface area contributed by atoms with Crippen molar-refractivity contribution in [2.75, 3.05) is 18.5 Å². The Balaban J connectivity index is 1.79. The van der Waals surface area contributed by atoms with Gasteiger partial charge < -0.3 is 15.2 Å². The average molecular weight is 286 g/mol. The Kier molecular flexibility index (Phi) is 5.13. The molecule has 4 nitrogen and oxygen atoms in total. The van der Waals surface area contributed by atoms with E-state index in [9.17, 15) is 9.50 Å². The Morgan fingerprint density at radius 3 is 2.81 bits per heavy atom. The topological polar surface area (TPSA) is 65.3 Å². The average Bonchev–Trinajstić information content (AvgIpc) is 2.51. The minimum absolute atomic E-state index is 0.0806. The molecule has 0 heterocycles. The van der Waals surface area contributed by atoms with Gasteiger partial charge >= 0.3 is 0 Å². The minimum atomic E-state index is -0.751. The van der Waals surface area contributed by atoms with Crippen molar-refractivity contribution in [3.05, 3.63) is 59.9 Å². The summed E-state index contributed by atoms with van der Waals surface area (Å²) in [7, 11) is 0. The Hall–Kier alpha value is -2.58. The van der Waals surface area contributed by atoms with Crippen molar-refractivity contribution in [1.82, 2.24) is 0 Å². The molecule has 1 unspecified atom stereocenters. The number of aliphatic hydroxyl groups is 1. The first-order valence-electron chi connectivity index (χ1n) is 6.48. The highest BCUT2D eigenvalue weighted by molar-refractivity contribution is 5.43. The first-order valence-corrected chi connectivity index (χ1v) is 6.48. The fourth-order valence-corrected chi connectivity index (χ4v) is 1.74. The van der Waals surface area contributed by atoms with Crippen LogP contribution < -0.4 is 10.1 Å². The number of benzene rings is 2. The summed E-state index contributed by atoms with van der Waals surface area (Å²) in [5, 5.41) is 21.5. The number of nitrogens with one attached hydrogen (secondary N) is 1. The molecule has 0 aliphatic rings. The maximum atomic E-state index is 13.0. The van der Waals surface area contributed by atoms with Crippen LogP contribution in [0.3, 0.4) is 0 Å². The Bertz CT molecular complexity index is 640. The van der Waals surface area contributed by atoms with Crippen LogP contribution in [0.4, 0.5) is 10.1 Å². The van der Waals surface area contributed by atoms with Crippen molar-refractivity contribution in [3.63, 3.8) is 0 Å². The van der Waals surface area contributed by atoms with Crippen molar-refractivity contribution in [2.24, 2.45) is 0 Å². The summed E-state index contributed by atoms with van der Waals surface area (Å²) in [5.41, 5.74) is 1.10. The summed E-state index contributed by atoms with van der Waals surface area (Å²) < 4.78 is 18.4. The van der Waals surface area contributed by atoms with E-state index in [-0.39, 0.29) is 19.0 Å². The van der Waals surface area contributed by atoms with Crippen LogP contribution in [-0.2, 0) is 0 Å². The fourth-order valence-electron chi connectivity index (χ4n) is 1.74. The third-order valence-electron chi connectivity index (χ3n) is 2.77. The quantitative estimate of drug-likeness (QED) is 0.856. The second kappa shape index (κ2) is 7.27. The van der Waals surface area contributed by atoms with E-state index in [0.29, 0.717) is 17.0 Å². The van der Waals surface area contributed by atoms with E-state index in [1.807, 2.05) is 6.07 Å². The molecule has 0 bridgehead atoms. The number of rotatable bonds is 6. The Morgan fingerprint density at radius 2 is 2.05 bits per heavy atom. The number of halogens is 1. The molecule has 0 aromatic heterocycles. The standard InChI is InChI=1S/C16H15FN2O2/c17-13-4-2-5-14(8-13)19-10-15(20)11-21-16-6-1-3-12(7-16)9-18/h1-8,15,19-20H,10-11H2. The summed E-state index contributed by atoms with van der Waals surface area (Å²) in [5.74, 6) is 0.193. The minimum Gasteiger partial charge on any atom is -0.491 e. The number of nitrogens with zero attached hydrogens (tertiary/aromatic N) is 1. The molecule has 2 aromatic rings. The zero-order valence-electron chi connectivity index (χ0n) is 11.3. The van der Waals surface area contributed by atoms with Crippen molar-refractivity contribution in [1.29, 1.82) is 5.26 Å². The first-order chi connectivity index (χ1) is 10.2. The molecule has 108 valence electrons. The predicted octanol–water partition coefficient (Wildman–Crippen LogP) is 2.55. The van der Waals surface area contributed by atoms with E-state index < -0.39 is 6.10 Å². The van der Waals surface area contributed by atoms with Gasteiger partial charge in [-0.15, -0.1) is 0 Å². The molecule has 0 amide bonds. The smallest absolute Gasteiger partial charge is 0.125 e. The van der Waals surface area contributed by atoms with Crippen molar-refractivity contribution in [3.8, 4) is 11.8 Å². The SMILES string of the molecule is N#Cc1cccc(OCC(O)CNc2cccc(F)c2)c1. The zero-order valence-corrected chi connectivity index (χ0v) is 11.3. The van der Waals surface area contributed by atoms with Gasteiger partial charge in [0.25, 0.3) is 0 Å². The third kappa shape index (κ3) is 4.79. The van der Waals surface area contributed by atoms with Gasteiger partial charge in [-0.05, 0) is 36.4 Å². The summed E-state index contributed by atoms with van der Waals surface area (Å²) in [6.45, 7) is 0.318. The largest absolute Gasteiger partial charge is 0.491 e. The lowest BCUT2D eigenvalue weighted by Gasteiger charge is -2.14. The molecular formula is C16H15FN2O2. The van der Waals surface area contributed by atoms with Crippen LogP contribution in [0.1, 0.15) is 5.56 Å². The number of anilines is 1. The second-order valence-electron chi connectivity index (χ2n) is 4.50. The summed E-state index contributed by atoms with van der Waals surface area (Å²) in [6, 6.07) is 14.7. The van der Waals surface area contributed by atoms with Crippen molar-refractivity contribution in [2.45, 2.75) is 6.10 Å². The molecule has 0 saturated carbocycles. The van der Waals surface area contributed by atoms with Crippen LogP contribution in [0.25, 0.3) is 0 Å². The van der Waals surface area contributed by atoms with Crippen molar-refractivity contribution >= 4 is 5.69 Å². The Labute approximate surface area is 122 Å². The van der Waals surface area contributed by atoms with Crippen LogP contribution in [-0.4, -0.2) is 24.4 Å². The molecule has 0 fully saturated rings. The lowest BCUT2D eigenvalue weighted by atomic mass is 10.2. The highest BCUT2D eigenvalue weighted by atomic mass is 19.1. The summed E-state index contributed by atoms with van der Waals surface area (Å²) >= 11 is 0. The van der Waals surface area contributed by atoms with Gasteiger partial charge in [-0.2, -0.15) is 5.26 Å². The third-order valence-corrected chi connectivity index (χ3v) is 2.77. The van der Waals surface area contributed by atoms with Gasteiger partial charge in [-0.1, -0.05) is 12.1 Å². The van der Waals surface area contributed by atoms with E-state index in [1.54, 1.807) is 36.4 Å². The second-order valence-corrected chi connectivity index (χ2v) is 4.50. The molecule has 21 heavy (non-hydrogen) atoms. The number of ether oxygens (including phenoxy) is 1. The number of aliphatic hydroxyl groups excluding tert-OH is 1. The summed E-state index contributed by atoms with van der Waals surface area (Å²) in [6.07, 6.45) is -0.751. The van der Waals surface area contributed by atoms with Gasteiger partial charge in [-0.25, -0.2) is 4.39 Å². The lowest BCUT2D eigenvalue weighted by Crippen LogP contribution is -2.26. The molecule has 0 spiro atoms. The first kappa shape index (κ1) is 14.8. The number of hydrogen-bond donors (Lipinski definition) is 2. The molecule has 2 aromatic carbocycles. The van der Waals surface area contributed by atoms with Crippen LogP contribution in [0.5, 0.6) is 5.75 Å². The van der Waals surface area contributed by atoms with E-state index in [2.05, 4.69) is 5.32 Å². The number of nitriles is 1. The zero-order chi connectivity index (χ0) is 15.1. The summed E-state index contributed by atoms with van der Waals surface area (Å²) in [4.78, 5) is 0. The highest BCUT2D eigenvalue weighted by Gasteiger charge is 2.06. The fraction of sp³-hybridized carbons (Fsp3) is 0.188. The normalized spacial score (nSPS) is 11.5. The molecule has 2 rings (SSSR count). The van der Waals surface area contributed by atoms with Crippen LogP contribution >= 0.6 is 0 Å². The van der Waals surface area contributed by atoms with Gasteiger partial charge in [0.05, 0.1) is 11.6 Å². The van der Waals surface area contributed by atoms with E-state index in [4.69, 9.17) is 10.00 Å². The van der Waals surface area contributed by atoms with E-state index >= 15 is 0 Å². The molecule has 0 aliphatic heterocycles. The highest BCUT2D eigenvalue weighted by Crippen LogP contribution is 2.13. The van der Waals surface area contributed by atoms with Gasteiger partial charge in [0.2, 0.25) is 0 Å². The lowest BCUT2D eigenvalue weighted by molar-refractivity contribution is 0.117. The molecule has 0 radical (unpaired) electrons. The molecule has 5 heteroatoms. The molecule has 0 aliphatic carbocycles. The van der Waals surface area contributed by atoms with Crippen LogP contribution in [0.2, 0.25) is 0 Å². The molecule has 1 atom stereocenters. The van der Waals surface area contributed by atoms with Gasteiger partial charge in [0.1, 0.15) is 24.3 Å². The molecule has 0 saturated heterocycles. The van der Waals surface area contributed by atoms with Crippen molar-refractivity contribution < 1.29 is 14.2 Å². The maximum Gasteiger partial charge on any atom is 0.125 e. The Morgan fingerprint density at radius 1 is 1.24 bits per heavy atom. The molecule has 2 N–H and O–H groups in total.